The maximum absolute atomic E-state index is 12.6. The Morgan fingerprint density at radius 2 is 2.00 bits per heavy atom. The van der Waals surface area contributed by atoms with E-state index in [-0.39, 0.29) is 18.7 Å². The van der Waals surface area contributed by atoms with Gasteiger partial charge in [-0.1, -0.05) is 29.8 Å². The molecule has 2 heterocycles. The van der Waals surface area contributed by atoms with Crippen LogP contribution in [0, 0.1) is 0 Å². The number of aromatic nitrogens is 2. The predicted octanol–water partition coefficient (Wildman–Crippen LogP) is 3.04. The first-order valence-corrected chi connectivity index (χ1v) is 8.75. The van der Waals surface area contributed by atoms with Gasteiger partial charge in [-0.25, -0.2) is 4.68 Å². The number of aliphatic hydroxyl groups is 1. The first-order valence-electron chi connectivity index (χ1n) is 8.37. The Hall–Kier alpha value is -2.63. The predicted molar refractivity (Wildman–Crippen MR) is 99.6 cm³/mol. The number of ether oxygens (including phenoxy) is 1. The highest BCUT2D eigenvalue weighted by molar-refractivity contribution is 6.31. The highest BCUT2D eigenvalue weighted by Crippen LogP contribution is 2.29. The molecule has 3 aromatic rings. The van der Waals surface area contributed by atoms with Crippen LogP contribution >= 0.6 is 11.6 Å². The molecule has 1 aliphatic heterocycles. The van der Waals surface area contributed by atoms with Crippen LogP contribution < -0.4 is 10.3 Å². The number of halogens is 1. The fourth-order valence-electron chi connectivity index (χ4n) is 3.09. The lowest BCUT2D eigenvalue weighted by Gasteiger charge is -2.11. The van der Waals surface area contributed by atoms with Crippen molar-refractivity contribution >= 4 is 11.6 Å². The van der Waals surface area contributed by atoms with Gasteiger partial charge in [0.15, 0.2) is 0 Å². The molecular formula is C20H17ClN2O3. The van der Waals surface area contributed by atoms with Gasteiger partial charge in [0, 0.05) is 22.6 Å². The molecule has 4 rings (SSSR count). The number of hydrogen-bond donors (Lipinski definition) is 1. The minimum Gasteiger partial charge on any atom is -0.493 e. The lowest BCUT2D eigenvalue weighted by Crippen LogP contribution is -2.27. The molecule has 2 aromatic carbocycles. The molecule has 1 aromatic heterocycles. The van der Waals surface area contributed by atoms with Crippen LogP contribution in [0.15, 0.2) is 53.3 Å². The molecule has 0 atom stereocenters. The fraction of sp³-hybridized carbons (Fsp3) is 0.200. The second-order valence-corrected chi connectivity index (χ2v) is 6.60. The van der Waals surface area contributed by atoms with E-state index in [9.17, 15) is 9.90 Å². The molecule has 1 aliphatic rings. The Morgan fingerprint density at radius 3 is 2.81 bits per heavy atom. The quantitative estimate of drug-likeness (QED) is 0.768. The minimum absolute atomic E-state index is 0.243. The number of hydrogen-bond acceptors (Lipinski definition) is 4. The van der Waals surface area contributed by atoms with Crippen molar-refractivity contribution in [3.63, 3.8) is 0 Å². The van der Waals surface area contributed by atoms with Crippen molar-refractivity contribution in [1.82, 2.24) is 9.78 Å². The third kappa shape index (κ3) is 3.11. The van der Waals surface area contributed by atoms with E-state index in [1.165, 1.54) is 4.68 Å². The van der Waals surface area contributed by atoms with Gasteiger partial charge in [0.05, 0.1) is 25.5 Å². The SMILES string of the molecule is O=c1c(CO)cc(-c2ccc3c(c2)CCO3)nn1Cc1ccccc1Cl. The normalized spacial score (nSPS) is 12.7. The van der Waals surface area contributed by atoms with Crippen molar-refractivity contribution in [3.05, 3.63) is 80.6 Å². The Labute approximate surface area is 155 Å². The Balaban J connectivity index is 1.79. The molecule has 0 spiro atoms. The van der Waals surface area contributed by atoms with E-state index in [2.05, 4.69) is 5.10 Å². The molecule has 0 saturated carbocycles. The van der Waals surface area contributed by atoms with Crippen LogP contribution in [0.4, 0.5) is 0 Å². The van der Waals surface area contributed by atoms with Crippen LogP contribution in [0.3, 0.4) is 0 Å². The van der Waals surface area contributed by atoms with E-state index in [1.54, 1.807) is 12.1 Å². The average molecular weight is 369 g/mol. The van der Waals surface area contributed by atoms with Crippen molar-refractivity contribution in [2.24, 2.45) is 0 Å². The zero-order valence-electron chi connectivity index (χ0n) is 14.0. The second-order valence-electron chi connectivity index (χ2n) is 6.19. The summed E-state index contributed by atoms with van der Waals surface area (Å²) in [4.78, 5) is 12.6. The molecule has 6 heteroatoms. The number of aliphatic hydroxyl groups excluding tert-OH is 1. The lowest BCUT2D eigenvalue weighted by molar-refractivity contribution is 0.278. The van der Waals surface area contributed by atoms with Crippen LogP contribution in [-0.4, -0.2) is 21.5 Å². The van der Waals surface area contributed by atoms with Crippen molar-refractivity contribution in [1.29, 1.82) is 0 Å². The van der Waals surface area contributed by atoms with Crippen molar-refractivity contribution in [2.45, 2.75) is 19.6 Å². The van der Waals surface area contributed by atoms with Gasteiger partial charge < -0.3 is 9.84 Å². The van der Waals surface area contributed by atoms with Gasteiger partial charge in [0.2, 0.25) is 0 Å². The van der Waals surface area contributed by atoms with Gasteiger partial charge in [0.1, 0.15) is 5.75 Å². The molecule has 0 bridgehead atoms. The van der Waals surface area contributed by atoms with E-state index in [4.69, 9.17) is 16.3 Å². The van der Waals surface area contributed by atoms with Crippen LogP contribution in [0.5, 0.6) is 5.75 Å². The highest BCUT2D eigenvalue weighted by Gasteiger charge is 2.15. The van der Waals surface area contributed by atoms with Gasteiger partial charge in [-0.2, -0.15) is 5.10 Å². The molecule has 0 amide bonds. The van der Waals surface area contributed by atoms with Gasteiger partial charge in [0.25, 0.3) is 5.56 Å². The maximum Gasteiger partial charge on any atom is 0.272 e. The summed E-state index contributed by atoms with van der Waals surface area (Å²) in [5, 5.41) is 14.7. The molecular weight excluding hydrogens is 352 g/mol. The molecule has 132 valence electrons. The molecule has 1 N–H and O–H groups in total. The maximum atomic E-state index is 12.6. The zero-order chi connectivity index (χ0) is 18.1. The van der Waals surface area contributed by atoms with Crippen LogP contribution in [0.25, 0.3) is 11.3 Å². The molecule has 0 fully saturated rings. The van der Waals surface area contributed by atoms with Crippen molar-refractivity contribution in [3.8, 4) is 17.0 Å². The summed E-state index contributed by atoms with van der Waals surface area (Å²) in [7, 11) is 0. The third-order valence-corrected chi connectivity index (χ3v) is 4.85. The number of fused-ring (bicyclic) bond motifs is 1. The van der Waals surface area contributed by atoms with Crippen LogP contribution in [-0.2, 0) is 19.6 Å². The Bertz CT molecular complexity index is 1030. The standard InChI is InChI=1S/C20H17ClN2O3/c21-17-4-2-1-3-15(17)11-23-20(25)16(12-24)10-18(22-23)13-5-6-19-14(9-13)7-8-26-19/h1-6,9-10,24H,7-8,11-12H2. The van der Waals surface area contributed by atoms with Gasteiger partial charge in [-0.15, -0.1) is 0 Å². The summed E-state index contributed by atoms with van der Waals surface area (Å²) in [5.41, 5.74) is 3.43. The lowest BCUT2D eigenvalue weighted by atomic mass is 10.1. The Morgan fingerprint density at radius 1 is 1.15 bits per heavy atom. The monoisotopic (exact) mass is 368 g/mol. The largest absolute Gasteiger partial charge is 0.493 e. The van der Waals surface area contributed by atoms with Crippen molar-refractivity contribution in [2.75, 3.05) is 6.61 Å². The van der Waals surface area contributed by atoms with Crippen molar-refractivity contribution < 1.29 is 9.84 Å². The smallest absolute Gasteiger partial charge is 0.272 e. The number of benzene rings is 2. The molecule has 0 aliphatic carbocycles. The summed E-state index contributed by atoms with van der Waals surface area (Å²) in [6.07, 6.45) is 0.856. The number of rotatable bonds is 4. The summed E-state index contributed by atoms with van der Waals surface area (Å²) in [6.45, 7) is 0.582. The van der Waals surface area contributed by atoms with E-state index in [0.717, 1.165) is 28.9 Å². The second kappa shape index (κ2) is 6.94. The highest BCUT2D eigenvalue weighted by atomic mass is 35.5. The first kappa shape index (κ1) is 16.8. The zero-order valence-corrected chi connectivity index (χ0v) is 14.7. The van der Waals surface area contributed by atoms with Gasteiger partial charge in [-0.3, -0.25) is 4.79 Å². The van der Waals surface area contributed by atoms with Crippen LogP contribution in [0.2, 0.25) is 5.02 Å². The minimum atomic E-state index is -0.342. The topological polar surface area (TPSA) is 64.3 Å². The molecule has 0 radical (unpaired) electrons. The first-order chi connectivity index (χ1) is 12.7. The molecule has 0 unspecified atom stereocenters. The molecule has 5 nitrogen and oxygen atoms in total. The number of nitrogens with zero attached hydrogens (tertiary/aromatic N) is 2. The Kier molecular flexibility index (Phi) is 4.49. The summed E-state index contributed by atoms with van der Waals surface area (Å²) >= 11 is 6.21. The fourth-order valence-corrected chi connectivity index (χ4v) is 3.29. The molecule has 26 heavy (non-hydrogen) atoms. The van der Waals surface area contributed by atoms with Gasteiger partial charge in [-0.05, 0) is 41.5 Å². The van der Waals surface area contributed by atoms with E-state index in [0.29, 0.717) is 22.9 Å². The van der Waals surface area contributed by atoms with E-state index >= 15 is 0 Å². The van der Waals surface area contributed by atoms with E-state index in [1.807, 2.05) is 36.4 Å². The van der Waals surface area contributed by atoms with Gasteiger partial charge >= 0.3 is 0 Å². The molecule has 0 saturated heterocycles. The van der Waals surface area contributed by atoms with E-state index < -0.39 is 0 Å². The average Bonchev–Trinajstić information content (AvgIpc) is 3.13. The third-order valence-electron chi connectivity index (χ3n) is 4.48. The summed E-state index contributed by atoms with van der Waals surface area (Å²) < 4.78 is 6.89. The summed E-state index contributed by atoms with van der Waals surface area (Å²) in [5.74, 6) is 0.889. The summed E-state index contributed by atoms with van der Waals surface area (Å²) in [6, 6.07) is 14.8. The van der Waals surface area contributed by atoms with Crippen LogP contribution in [0.1, 0.15) is 16.7 Å².